The molecule has 0 saturated heterocycles. The van der Waals surface area contributed by atoms with E-state index < -0.39 is 22.4 Å². The predicted molar refractivity (Wildman–Crippen MR) is 39.3 cm³/mol. The first-order valence-electron chi connectivity index (χ1n) is 2.54. The van der Waals surface area contributed by atoms with Crippen LogP contribution in [0.1, 0.15) is 0 Å². The number of carbonyl (C=O) groups is 1. The van der Waals surface area contributed by atoms with E-state index in [1.54, 1.807) is 0 Å². The van der Waals surface area contributed by atoms with E-state index in [1.807, 2.05) is 0 Å². The first-order chi connectivity index (χ1) is 5.25. The fourth-order valence-corrected chi connectivity index (χ4v) is 0.503. The summed E-state index contributed by atoms with van der Waals surface area (Å²) in [5.41, 5.74) is -2.47. The molecule has 0 saturated carbocycles. The molecule has 0 aromatic carbocycles. The van der Waals surface area contributed by atoms with Gasteiger partial charge in [-0.3, -0.25) is 4.79 Å². The summed E-state index contributed by atoms with van der Waals surface area (Å²) >= 11 is 14.6. The Morgan fingerprint density at radius 1 is 1.25 bits per heavy atom. The van der Waals surface area contributed by atoms with Crippen molar-refractivity contribution in [1.82, 2.24) is 5.32 Å². The average molecular weight is 244 g/mol. The summed E-state index contributed by atoms with van der Waals surface area (Å²) in [5.74, 6) is -1.18. The van der Waals surface area contributed by atoms with E-state index in [-0.39, 0.29) is 0 Å². The van der Waals surface area contributed by atoms with Gasteiger partial charge in [0.15, 0.2) is 4.84 Å². The number of carbonyl (C=O) groups excluding carboxylic acids is 1. The van der Waals surface area contributed by atoms with Crippen molar-refractivity contribution < 1.29 is 18.0 Å². The summed E-state index contributed by atoms with van der Waals surface area (Å²) in [6.07, 6.45) is -4.71. The lowest BCUT2D eigenvalue weighted by atomic mass is 10.5. The van der Waals surface area contributed by atoms with Gasteiger partial charge in [-0.2, -0.15) is 13.2 Å². The molecule has 1 amide bonds. The highest BCUT2D eigenvalue weighted by molar-refractivity contribution is 6.53. The van der Waals surface area contributed by atoms with Gasteiger partial charge < -0.3 is 5.32 Å². The lowest BCUT2D eigenvalue weighted by Crippen LogP contribution is -2.43. The molecule has 0 fully saturated rings. The second-order valence-corrected chi connectivity index (χ2v) is 3.25. The van der Waals surface area contributed by atoms with Crippen LogP contribution in [-0.4, -0.2) is 22.4 Å². The van der Waals surface area contributed by atoms with Crippen LogP contribution >= 0.6 is 34.8 Å². The molecule has 72 valence electrons. The van der Waals surface area contributed by atoms with Crippen LogP contribution in [0.15, 0.2) is 0 Å². The number of hydrogen-bond acceptors (Lipinski definition) is 1. The summed E-state index contributed by atoms with van der Waals surface area (Å²) in [6.45, 7) is 0. The number of alkyl halides is 6. The number of hydrogen-bond donors (Lipinski definition) is 1. The van der Waals surface area contributed by atoms with E-state index in [1.165, 1.54) is 5.32 Å². The average Bonchev–Trinajstić information content (AvgIpc) is 1.85. The minimum Gasteiger partial charge on any atom is -0.330 e. The van der Waals surface area contributed by atoms with Crippen LogP contribution in [0.5, 0.6) is 0 Å². The number of amides is 1. The standard InChI is InChI=1S/C4H3Cl3F3NO/c5-1(6)2(12)11-3(7)4(8,9)10/h1,3H,(H,11,12). The van der Waals surface area contributed by atoms with Crippen LogP contribution in [-0.2, 0) is 4.79 Å². The van der Waals surface area contributed by atoms with Gasteiger partial charge >= 0.3 is 6.18 Å². The largest absolute Gasteiger partial charge is 0.422 e. The zero-order valence-electron chi connectivity index (χ0n) is 5.33. The zero-order valence-corrected chi connectivity index (χ0v) is 7.60. The summed E-state index contributed by atoms with van der Waals surface area (Å²) < 4.78 is 34.9. The molecule has 0 spiro atoms. The fraction of sp³-hybridized carbons (Fsp3) is 0.750. The molecular formula is C4H3Cl3F3NO. The molecule has 8 heteroatoms. The number of rotatable bonds is 2. The third-order valence-corrected chi connectivity index (χ3v) is 1.51. The second kappa shape index (κ2) is 4.39. The molecule has 0 heterocycles. The first-order valence-corrected chi connectivity index (χ1v) is 3.85. The highest BCUT2D eigenvalue weighted by Crippen LogP contribution is 2.23. The Bertz CT molecular complexity index is 171. The Kier molecular flexibility index (Phi) is 4.44. The second-order valence-electron chi connectivity index (χ2n) is 1.71. The van der Waals surface area contributed by atoms with Crippen molar-refractivity contribution in [2.75, 3.05) is 0 Å². The van der Waals surface area contributed by atoms with Crippen molar-refractivity contribution >= 4 is 40.7 Å². The monoisotopic (exact) mass is 243 g/mol. The summed E-state index contributed by atoms with van der Waals surface area (Å²) in [6, 6.07) is 0. The normalized spacial score (nSPS) is 14.6. The molecule has 1 atom stereocenters. The van der Waals surface area contributed by atoms with Crippen LogP contribution in [0.4, 0.5) is 13.2 Å². The van der Waals surface area contributed by atoms with Crippen molar-refractivity contribution in [2.45, 2.75) is 16.5 Å². The SMILES string of the molecule is O=C(NC(Cl)C(F)(F)F)C(Cl)Cl. The van der Waals surface area contributed by atoms with E-state index in [2.05, 4.69) is 0 Å². The minimum atomic E-state index is -4.71. The maximum absolute atomic E-state index is 11.6. The lowest BCUT2D eigenvalue weighted by Gasteiger charge is -2.14. The van der Waals surface area contributed by atoms with Gasteiger partial charge in [0.25, 0.3) is 5.91 Å². The maximum atomic E-state index is 11.6. The molecule has 0 bridgehead atoms. The van der Waals surface area contributed by atoms with Gasteiger partial charge in [0, 0.05) is 0 Å². The Hall–Kier alpha value is 0.130. The van der Waals surface area contributed by atoms with Crippen molar-refractivity contribution in [2.24, 2.45) is 0 Å². The Labute approximate surface area is 81.0 Å². The van der Waals surface area contributed by atoms with E-state index >= 15 is 0 Å². The Morgan fingerprint density at radius 3 is 1.92 bits per heavy atom. The lowest BCUT2D eigenvalue weighted by molar-refractivity contribution is -0.145. The van der Waals surface area contributed by atoms with Crippen molar-refractivity contribution in [3.63, 3.8) is 0 Å². The van der Waals surface area contributed by atoms with Crippen LogP contribution in [0.2, 0.25) is 0 Å². The molecule has 12 heavy (non-hydrogen) atoms. The van der Waals surface area contributed by atoms with Crippen molar-refractivity contribution in [3.05, 3.63) is 0 Å². The van der Waals surface area contributed by atoms with E-state index in [4.69, 9.17) is 34.8 Å². The number of nitrogens with one attached hydrogen (secondary N) is 1. The Balaban J connectivity index is 4.02. The van der Waals surface area contributed by atoms with Gasteiger partial charge in [0.2, 0.25) is 5.50 Å². The highest BCUT2D eigenvalue weighted by atomic mass is 35.5. The summed E-state index contributed by atoms with van der Waals surface area (Å²) in [4.78, 5) is 8.88. The molecule has 0 aromatic rings. The van der Waals surface area contributed by atoms with Gasteiger partial charge in [-0.25, -0.2) is 0 Å². The smallest absolute Gasteiger partial charge is 0.330 e. The summed E-state index contributed by atoms with van der Waals surface area (Å²) in [7, 11) is 0. The molecule has 0 aromatic heterocycles. The molecule has 0 aliphatic rings. The van der Waals surface area contributed by atoms with Gasteiger partial charge in [-0.1, -0.05) is 34.8 Å². The number of halogens is 6. The third-order valence-electron chi connectivity index (χ3n) is 0.755. The van der Waals surface area contributed by atoms with Gasteiger partial charge in [0.1, 0.15) is 0 Å². The molecule has 0 radical (unpaired) electrons. The molecule has 0 aliphatic heterocycles. The first kappa shape index (κ1) is 12.1. The predicted octanol–water partition coefficient (Wildman–Crippen LogP) is 2.03. The summed E-state index contributed by atoms with van der Waals surface area (Å²) in [5, 5.41) is 1.36. The van der Waals surface area contributed by atoms with E-state index in [9.17, 15) is 18.0 Å². The van der Waals surface area contributed by atoms with Gasteiger partial charge in [-0.05, 0) is 0 Å². The molecule has 1 unspecified atom stereocenters. The van der Waals surface area contributed by atoms with Crippen LogP contribution < -0.4 is 5.32 Å². The van der Waals surface area contributed by atoms with Crippen molar-refractivity contribution in [3.8, 4) is 0 Å². The fourth-order valence-electron chi connectivity index (χ4n) is 0.270. The van der Waals surface area contributed by atoms with Gasteiger partial charge in [0.05, 0.1) is 0 Å². The van der Waals surface area contributed by atoms with Crippen molar-refractivity contribution in [1.29, 1.82) is 0 Å². The quantitative estimate of drug-likeness (QED) is 0.584. The maximum Gasteiger partial charge on any atom is 0.422 e. The third kappa shape index (κ3) is 4.23. The van der Waals surface area contributed by atoms with Crippen LogP contribution in [0, 0.1) is 0 Å². The topological polar surface area (TPSA) is 29.1 Å². The van der Waals surface area contributed by atoms with Crippen LogP contribution in [0.3, 0.4) is 0 Å². The molecule has 0 aliphatic carbocycles. The molecule has 2 nitrogen and oxygen atoms in total. The highest BCUT2D eigenvalue weighted by Gasteiger charge is 2.39. The molecule has 1 N–H and O–H groups in total. The molecule has 0 rings (SSSR count). The van der Waals surface area contributed by atoms with E-state index in [0.29, 0.717) is 0 Å². The zero-order chi connectivity index (χ0) is 9.94. The minimum absolute atomic E-state index is 1.18. The van der Waals surface area contributed by atoms with Crippen LogP contribution in [0.25, 0.3) is 0 Å². The van der Waals surface area contributed by atoms with Gasteiger partial charge in [-0.15, -0.1) is 0 Å². The molecular weight excluding hydrogens is 241 g/mol. The van der Waals surface area contributed by atoms with E-state index in [0.717, 1.165) is 0 Å². The Morgan fingerprint density at radius 2 is 1.67 bits per heavy atom.